The number of hydrogen-bond acceptors (Lipinski definition) is 4. The third-order valence-electron chi connectivity index (χ3n) is 7.02. The van der Waals surface area contributed by atoms with E-state index in [-0.39, 0.29) is 24.2 Å². The maximum atomic E-state index is 13.5. The van der Waals surface area contributed by atoms with Crippen LogP contribution in [0.15, 0.2) is 54.6 Å². The Morgan fingerprint density at radius 1 is 0.971 bits per heavy atom. The number of benzene rings is 2. The van der Waals surface area contributed by atoms with E-state index in [1.807, 2.05) is 35.2 Å². The quantitative estimate of drug-likeness (QED) is 0.605. The van der Waals surface area contributed by atoms with Gasteiger partial charge in [0.05, 0.1) is 7.11 Å². The minimum absolute atomic E-state index is 0. The molecule has 0 radical (unpaired) electrons. The Hall–Kier alpha value is -2.57. The van der Waals surface area contributed by atoms with E-state index in [0.717, 1.165) is 31.1 Å². The predicted molar refractivity (Wildman–Crippen MR) is 136 cm³/mol. The van der Waals surface area contributed by atoms with Crippen LogP contribution in [0.2, 0.25) is 0 Å². The average Bonchev–Trinajstić information content (AvgIpc) is 3.40. The van der Waals surface area contributed by atoms with Crippen molar-refractivity contribution in [1.29, 1.82) is 0 Å². The van der Waals surface area contributed by atoms with E-state index in [1.54, 1.807) is 31.4 Å². The van der Waals surface area contributed by atoms with Crippen LogP contribution in [0, 0.1) is 5.92 Å². The molecule has 2 amide bonds. The summed E-state index contributed by atoms with van der Waals surface area (Å²) in [7, 11) is 1.59. The van der Waals surface area contributed by atoms with Crippen molar-refractivity contribution in [3.63, 3.8) is 0 Å². The topological polar surface area (TPSA) is 61.9 Å². The summed E-state index contributed by atoms with van der Waals surface area (Å²) in [6.45, 7) is 4.32. The summed E-state index contributed by atoms with van der Waals surface area (Å²) >= 11 is 0. The molecule has 2 aromatic rings. The van der Waals surface area contributed by atoms with Crippen molar-refractivity contribution in [2.24, 2.45) is 5.92 Å². The van der Waals surface area contributed by atoms with Crippen LogP contribution >= 0.6 is 12.4 Å². The molecule has 1 N–H and O–H groups in total. The first kappa shape index (κ1) is 26.0. The number of hydrogen-bond donors (Lipinski definition) is 1. The van der Waals surface area contributed by atoms with E-state index in [4.69, 9.17) is 4.74 Å². The summed E-state index contributed by atoms with van der Waals surface area (Å²) < 4.78 is 5.18. The minimum atomic E-state index is -0.703. The van der Waals surface area contributed by atoms with Crippen molar-refractivity contribution in [3.05, 3.63) is 65.7 Å². The Kier molecular flexibility index (Phi) is 9.78. The van der Waals surface area contributed by atoms with Gasteiger partial charge in [0.1, 0.15) is 11.8 Å². The first-order valence-electron chi connectivity index (χ1n) is 12.1. The fourth-order valence-corrected chi connectivity index (χ4v) is 4.93. The van der Waals surface area contributed by atoms with Gasteiger partial charge in [-0.2, -0.15) is 0 Å². The maximum Gasteiger partial charge on any atom is 0.252 e. The van der Waals surface area contributed by atoms with Gasteiger partial charge in [-0.25, -0.2) is 0 Å². The Morgan fingerprint density at radius 3 is 2.24 bits per heavy atom. The number of carbonyl (C=O) groups excluding carboxylic acids is 2. The average molecular weight is 486 g/mol. The van der Waals surface area contributed by atoms with Gasteiger partial charge in [-0.15, -0.1) is 12.4 Å². The number of rotatable bonds is 8. The number of methoxy groups -OCH3 is 1. The second-order valence-electron chi connectivity index (χ2n) is 9.15. The first-order chi connectivity index (χ1) is 16.1. The number of ether oxygens (including phenoxy) is 1. The minimum Gasteiger partial charge on any atom is -0.497 e. The molecule has 2 aliphatic rings. The molecule has 0 spiro atoms. The Bertz CT molecular complexity index is 908. The molecule has 184 valence electrons. The molecule has 7 heteroatoms. The lowest BCUT2D eigenvalue weighted by molar-refractivity contribution is -0.135. The maximum absolute atomic E-state index is 13.5. The number of nitrogens with one attached hydrogen (secondary N) is 1. The van der Waals surface area contributed by atoms with Gasteiger partial charge in [-0.3, -0.25) is 14.5 Å². The highest BCUT2D eigenvalue weighted by Gasteiger charge is 2.30. The second-order valence-corrected chi connectivity index (χ2v) is 9.15. The molecule has 1 saturated heterocycles. The molecule has 34 heavy (non-hydrogen) atoms. The molecule has 1 saturated carbocycles. The predicted octanol–water partition coefficient (Wildman–Crippen LogP) is 4.31. The fourth-order valence-electron chi connectivity index (χ4n) is 4.93. The highest BCUT2D eigenvalue weighted by atomic mass is 35.5. The summed E-state index contributed by atoms with van der Waals surface area (Å²) in [5, 5.41) is 2.97. The van der Waals surface area contributed by atoms with Crippen molar-refractivity contribution in [1.82, 2.24) is 15.1 Å². The van der Waals surface area contributed by atoms with Crippen LogP contribution in [0.3, 0.4) is 0 Å². The van der Waals surface area contributed by atoms with Crippen LogP contribution in [0.4, 0.5) is 0 Å². The highest BCUT2D eigenvalue weighted by Crippen LogP contribution is 2.28. The van der Waals surface area contributed by atoms with Crippen molar-refractivity contribution >= 4 is 24.2 Å². The number of nitrogens with zero attached hydrogens (tertiary/aromatic N) is 2. The molecule has 0 bridgehead atoms. The van der Waals surface area contributed by atoms with Gasteiger partial charge >= 0.3 is 0 Å². The number of amides is 2. The zero-order chi connectivity index (χ0) is 23.0. The number of carbonyl (C=O) groups is 2. The Labute approximate surface area is 209 Å². The van der Waals surface area contributed by atoms with E-state index in [2.05, 4.69) is 10.2 Å². The lowest BCUT2D eigenvalue weighted by Gasteiger charge is -2.37. The normalized spacial score (nSPS) is 17.6. The summed E-state index contributed by atoms with van der Waals surface area (Å²) in [6.07, 6.45) is 6.81. The first-order valence-corrected chi connectivity index (χ1v) is 12.1. The molecule has 0 aromatic heterocycles. The Balaban J connectivity index is 0.00000324. The molecule has 1 aliphatic carbocycles. The lowest BCUT2D eigenvalue weighted by atomic mass is 10.0. The van der Waals surface area contributed by atoms with Crippen LogP contribution < -0.4 is 10.1 Å². The molecule has 6 nitrogen and oxygen atoms in total. The molecule has 2 fully saturated rings. The standard InChI is InChI=1S/C27H35N3O3.ClH/c1-33-24-13-11-23(12-14-24)26(31)28-25(22-9-3-2-4-10-22)27(32)30-19-17-29(18-20-30)16-15-21-7-5-6-8-21;/h2-4,9-14,21,25H,5-8,15-20H2,1H3,(H,28,31);1H/t25-;/m1./s1. The molecule has 2 aromatic carbocycles. The summed E-state index contributed by atoms with van der Waals surface area (Å²) in [6, 6.07) is 15.7. The third-order valence-corrected chi connectivity index (χ3v) is 7.02. The van der Waals surface area contributed by atoms with Crippen molar-refractivity contribution < 1.29 is 14.3 Å². The van der Waals surface area contributed by atoms with Gasteiger partial charge in [-0.1, -0.05) is 56.0 Å². The van der Waals surface area contributed by atoms with Crippen molar-refractivity contribution in [2.75, 3.05) is 39.8 Å². The zero-order valence-corrected chi connectivity index (χ0v) is 20.8. The van der Waals surface area contributed by atoms with Crippen molar-refractivity contribution in [2.45, 2.75) is 38.1 Å². The molecule has 1 aliphatic heterocycles. The molecular formula is C27H36ClN3O3. The zero-order valence-electron chi connectivity index (χ0n) is 19.9. The van der Waals surface area contributed by atoms with E-state index in [9.17, 15) is 9.59 Å². The lowest BCUT2D eigenvalue weighted by Crippen LogP contribution is -2.52. The van der Waals surface area contributed by atoms with E-state index in [1.165, 1.54) is 32.1 Å². The van der Waals surface area contributed by atoms with Crippen LogP contribution in [0.1, 0.15) is 54.1 Å². The van der Waals surface area contributed by atoms with E-state index >= 15 is 0 Å². The van der Waals surface area contributed by atoms with Crippen molar-refractivity contribution in [3.8, 4) is 5.75 Å². The van der Waals surface area contributed by atoms with Gasteiger partial charge in [0, 0.05) is 31.7 Å². The van der Waals surface area contributed by atoms with Gasteiger partial charge in [0.2, 0.25) is 5.91 Å². The van der Waals surface area contributed by atoms with Crippen LogP contribution in [0.25, 0.3) is 0 Å². The fraction of sp³-hybridized carbons (Fsp3) is 0.481. The van der Waals surface area contributed by atoms with E-state index < -0.39 is 6.04 Å². The molecule has 4 rings (SSSR count). The van der Waals surface area contributed by atoms with Gasteiger partial charge < -0.3 is 15.0 Å². The molecule has 0 unspecified atom stereocenters. The SMILES string of the molecule is COc1ccc(C(=O)N[C@@H](C(=O)N2CCN(CCC3CCCC3)CC2)c2ccccc2)cc1.Cl. The largest absolute Gasteiger partial charge is 0.497 e. The van der Waals surface area contributed by atoms with Crippen LogP contribution in [-0.2, 0) is 4.79 Å². The van der Waals surface area contributed by atoms with E-state index in [0.29, 0.717) is 24.4 Å². The van der Waals surface area contributed by atoms with Crippen LogP contribution in [-0.4, -0.2) is 61.4 Å². The highest BCUT2D eigenvalue weighted by molar-refractivity contribution is 5.98. The summed E-state index contributed by atoms with van der Waals surface area (Å²) in [4.78, 5) is 30.8. The molecular weight excluding hydrogens is 450 g/mol. The monoisotopic (exact) mass is 485 g/mol. The summed E-state index contributed by atoms with van der Waals surface area (Å²) in [5.41, 5.74) is 1.30. The molecule has 1 heterocycles. The molecule has 1 atom stereocenters. The van der Waals surface area contributed by atoms with Gasteiger partial charge in [0.25, 0.3) is 5.91 Å². The number of piperazine rings is 1. The second kappa shape index (κ2) is 12.8. The van der Waals surface area contributed by atoms with Gasteiger partial charge in [-0.05, 0) is 48.7 Å². The van der Waals surface area contributed by atoms with Gasteiger partial charge in [0.15, 0.2) is 0 Å². The smallest absolute Gasteiger partial charge is 0.252 e. The number of halogens is 1. The Morgan fingerprint density at radius 2 is 1.62 bits per heavy atom. The summed E-state index contributed by atoms with van der Waals surface area (Å²) in [5.74, 6) is 1.27. The third kappa shape index (κ3) is 6.73. The van der Waals surface area contributed by atoms with Crippen LogP contribution in [0.5, 0.6) is 5.75 Å².